The molecule has 6 heteroatoms. The number of carboxylic acids is 1. The Morgan fingerprint density at radius 2 is 2.20 bits per heavy atom. The van der Waals surface area contributed by atoms with E-state index < -0.39 is 17.2 Å². The van der Waals surface area contributed by atoms with Gasteiger partial charge in [0.2, 0.25) is 0 Å². The summed E-state index contributed by atoms with van der Waals surface area (Å²) in [5.41, 5.74) is -0.704. The van der Waals surface area contributed by atoms with Crippen molar-refractivity contribution >= 4 is 23.5 Å². The van der Waals surface area contributed by atoms with Crippen molar-refractivity contribution in [2.75, 3.05) is 13.1 Å². The monoisotopic (exact) mass is 299 g/mol. The standard InChI is InChI=1S/C14H15ClFNO3/c1-2-14(13(19)20)5-6-17(8-14)12(18)9-3-4-10(15)11(16)7-9/h3-4,7H,2,5-6,8H2,1H3,(H,19,20). The predicted octanol–water partition coefficient (Wildman–Crippen LogP) is 2.81. The second-order valence-corrected chi connectivity index (χ2v) is 5.45. The van der Waals surface area contributed by atoms with Gasteiger partial charge in [0.15, 0.2) is 0 Å². The number of benzene rings is 1. The number of nitrogens with zero attached hydrogens (tertiary/aromatic N) is 1. The molecule has 0 saturated carbocycles. The number of hydrogen-bond acceptors (Lipinski definition) is 2. The van der Waals surface area contributed by atoms with E-state index in [0.717, 1.165) is 6.07 Å². The lowest BCUT2D eigenvalue weighted by Gasteiger charge is -2.23. The molecule has 4 nitrogen and oxygen atoms in total. The second kappa shape index (κ2) is 5.40. The quantitative estimate of drug-likeness (QED) is 0.933. The fraction of sp³-hybridized carbons (Fsp3) is 0.429. The summed E-state index contributed by atoms with van der Waals surface area (Å²) in [6.45, 7) is 2.31. The van der Waals surface area contributed by atoms with E-state index in [9.17, 15) is 19.1 Å². The lowest BCUT2D eigenvalue weighted by molar-refractivity contribution is -0.148. The number of likely N-dealkylation sites (tertiary alicyclic amines) is 1. The SMILES string of the molecule is CCC1(C(=O)O)CCN(C(=O)c2ccc(Cl)c(F)c2)C1. The van der Waals surface area contributed by atoms with Crippen LogP contribution in [0.2, 0.25) is 5.02 Å². The summed E-state index contributed by atoms with van der Waals surface area (Å²) in [7, 11) is 0. The number of hydrogen-bond donors (Lipinski definition) is 1. The summed E-state index contributed by atoms with van der Waals surface area (Å²) in [5.74, 6) is -1.91. The Morgan fingerprint density at radius 1 is 1.50 bits per heavy atom. The van der Waals surface area contributed by atoms with Crippen molar-refractivity contribution < 1.29 is 19.1 Å². The Bertz CT molecular complexity index is 563. The maximum atomic E-state index is 13.4. The fourth-order valence-corrected chi connectivity index (χ4v) is 2.59. The van der Waals surface area contributed by atoms with Crippen LogP contribution in [0, 0.1) is 11.2 Å². The second-order valence-electron chi connectivity index (χ2n) is 5.04. The molecule has 1 amide bonds. The molecule has 2 rings (SSSR count). The first-order valence-electron chi connectivity index (χ1n) is 6.37. The topological polar surface area (TPSA) is 57.6 Å². The van der Waals surface area contributed by atoms with E-state index in [4.69, 9.17) is 11.6 Å². The van der Waals surface area contributed by atoms with E-state index in [1.165, 1.54) is 17.0 Å². The van der Waals surface area contributed by atoms with Crippen LogP contribution in [0.25, 0.3) is 0 Å². The molecule has 0 aliphatic carbocycles. The highest BCUT2D eigenvalue weighted by Gasteiger charge is 2.44. The number of rotatable bonds is 3. The van der Waals surface area contributed by atoms with Gasteiger partial charge in [0, 0.05) is 18.7 Å². The zero-order valence-electron chi connectivity index (χ0n) is 11.0. The van der Waals surface area contributed by atoms with E-state index in [0.29, 0.717) is 19.4 Å². The Labute approximate surface area is 121 Å². The van der Waals surface area contributed by atoms with Gasteiger partial charge in [-0.2, -0.15) is 0 Å². The minimum atomic E-state index is -0.891. The minimum Gasteiger partial charge on any atom is -0.481 e. The Balaban J connectivity index is 2.19. The summed E-state index contributed by atoms with van der Waals surface area (Å²) >= 11 is 5.58. The highest BCUT2D eigenvalue weighted by atomic mass is 35.5. The first kappa shape index (κ1) is 14.8. The van der Waals surface area contributed by atoms with Gasteiger partial charge in [-0.25, -0.2) is 4.39 Å². The third-order valence-electron chi connectivity index (χ3n) is 3.94. The molecule has 1 fully saturated rings. The van der Waals surface area contributed by atoms with Crippen molar-refractivity contribution in [3.05, 3.63) is 34.6 Å². The van der Waals surface area contributed by atoms with Crippen LogP contribution in [0.1, 0.15) is 30.1 Å². The Kier molecular flexibility index (Phi) is 3.99. The first-order valence-corrected chi connectivity index (χ1v) is 6.75. The van der Waals surface area contributed by atoms with Gasteiger partial charge in [0.25, 0.3) is 5.91 Å². The number of amides is 1. The number of aliphatic carboxylic acids is 1. The predicted molar refractivity (Wildman–Crippen MR) is 72.3 cm³/mol. The van der Waals surface area contributed by atoms with Crippen molar-refractivity contribution in [3.63, 3.8) is 0 Å². The van der Waals surface area contributed by atoms with Gasteiger partial charge >= 0.3 is 5.97 Å². The molecule has 1 aliphatic rings. The Morgan fingerprint density at radius 3 is 2.70 bits per heavy atom. The van der Waals surface area contributed by atoms with E-state index in [1.54, 1.807) is 6.92 Å². The lowest BCUT2D eigenvalue weighted by atomic mass is 9.84. The molecule has 1 unspecified atom stereocenters. The average molecular weight is 300 g/mol. The van der Waals surface area contributed by atoms with Gasteiger partial charge in [-0.3, -0.25) is 9.59 Å². The van der Waals surface area contributed by atoms with Crippen LogP contribution < -0.4 is 0 Å². The van der Waals surface area contributed by atoms with Crippen LogP contribution in [-0.4, -0.2) is 35.0 Å². The van der Waals surface area contributed by atoms with Crippen LogP contribution >= 0.6 is 11.6 Å². The third-order valence-corrected chi connectivity index (χ3v) is 4.24. The van der Waals surface area contributed by atoms with E-state index in [2.05, 4.69) is 0 Å². The van der Waals surface area contributed by atoms with Crippen LogP contribution in [0.3, 0.4) is 0 Å². The van der Waals surface area contributed by atoms with Gasteiger partial charge in [-0.15, -0.1) is 0 Å². The molecule has 1 heterocycles. The molecule has 0 spiro atoms. The molecule has 1 aromatic carbocycles. The van der Waals surface area contributed by atoms with Gasteiger partial charge in [0.1, 0.15) is 5.82 Å². The number of carboxylic acid groups (broad SMARTS) is 1. The molecule has 0 bridgehead atoms. The molecule has 1 saturated heterocycles. The molecule has 1 atom stereocenters. The van der Waals surface area contributed by atoms with Gasteiger partial charge in [0.05, 0.1) is 10.4 Å². The fourth-order valence-electron chi connectivity index (χ4n) is 2.47. The van der Waals surface area contributed by atoms with Gasteiger partial charge in [-0.05, 0) is 31.0 Å². The highest BCUT2D eigenvalue weighted by molar-refractivity contribution is 6.30. The molecule has 0 radical (unpaired) electrons. The van der Waals surface area contributed by atoms with Crippen LogP contribution in [0.15, 0.2) is 18.2 Å². The van der Waals surface area contributed by atoms with Crippen molar-refractivity contribution in [3.8, 4) is 0 Å². The lowest BCUT2D eigenvalue weighted by Crippen LogP contribution is -2.36. The molecule has 108 valence electrons. The van der Waals surface area contributed by atoms with Crippen molar-refractivity contribution in [2.24, 2.45) is 5.41 Å². The summed E-state index contributed by atoms with van der Waals surface area (Å²) in [6, 6.07) is 3.85. The van der Waals surface area contributed by atoms with Crippen LogP contribution in [0.4, 0.5) is 4.39 Å². The molecular weight excluding hydrogens is 285 g/mol. The Hall–Kier alpha value is -1.62. The zero-order valence-corrected chi connectivity index (χ0v) is 11.8. The summed E-state index contributed by atoms with van der Waals surface area (Å²) in [5, 5.41) is 9.25. The summed E-state index contributed by atoms with van der Waals surface area (Å²) in [4.78, 5) is 25.1. The van der Waals surface area contributed by atoms with Crippen LogP contribution in [0.5, 0.6) is 0 Å². The zero-order chi connectivity index (χ0) is 14.9. The highest BCUT2D eigenvalue weighted by Crippen LogP contribution is 2.35. The van der Waals surface area contributed by atoms with Crippen molar-refractivity contribution in [2.45, 2.75) is 19.8 Å². The van der Waals surface area contributed by atoms with Gasteiger partial charge < -0.3 is 10.0 Å². The molecule has 0 aromatic heterocycles. The average Bonchev–Trinajstić information content (AvgIpc) is 2.87. The number of carbonyl (C=O) groups is 2. The maximum Gasteiger partial charge on any atom is 0.311 e. The largest absolute Gasteiger partial charge is 0.481 e. The van der Waals surface area contributed by atoms with E-state index >= 15 is 0 Å². The van der Waals surface area contributed by atoms with Gasteiger partial charge in [-0.1, -0.05) is 18.5 Å². The van der Waals surface area contributed by atoms with Crippen molar-refractivity contribution in [1.29, 1.82) is 0 Å². The molecule has 1 aromatic rings. The maximum absolute atomic E-state index is 13.4. The van der Waals surface area contributed by atoms with E-state index in [1.807, 2.05) is 0 Å². The summed E-state index contributed by atoms with van der Waals surface area (Å²) < 4.78 is 13.4. The molecule has 1 N–H and O–H groups in total. The smallest absolute Gasteiger partial charge is 0.311 e. The molecule has 20 heavy (non-hydrogen) atoms. The third kappa shape index (κ3) is 2.50. The normalized spacial score (nSPS) is 22.1. The summed E-state index contributed by atoms with van der Waals surface area (Å²) in [6.07, 6.45) is 0.877. The number of halogens is 2. The van der Waals surface area contributed by atoms with Crippen LogP contribution in [-0.2, 0) is 4.79 Å². The first-order chi connectivity index (χ1) is 9.39. The van der Waals surface area contributed by atoms with E-state index in [-0.39, 0.29) is 23.0 Å². The number of carbonyl (C=O) groups excluding carboxylic acids is 1. The minimum absolute atomic E-state index is 0.0450. The molecular formula is C14H15ClFNO3. The van der Waals surface area contributed by atoms with Crippen molar-refractivity contribution in [1.82, 2.24) is 4.90 Å². The molecule has 1 aliphatic heterocycles.